The van der Waals surface area contributed by atoms with Gasteiger partial charge in [0, 0.05) is 16.7 Å². The third-order valence-corrected chi connectivity index (χ3v) is 4.97. The summed E-state index contributed by atoms with van der Waals surface area (Å²) >= 11 is 3.22. The van der Waals surface area contributed by atoms with Crippen LogP contribution in [-0.4, -0.2) is 27.6 Å². The maximum atomic E-state index is 12.4. The molecule has 0 aliphatic rings. The van der Waals surface area contributed by atoms with Crippen LogP contribution >= 0.6 is 15.9 Å². The minimum absolute atomic E-state index is 0.0907. The van der Waals surface area contributed by atoms with Gasteiger partial charge in [-0.2, -0.15) is 0 Å². The average molecular weight is 373 g/mol. The van der Waals surface area contributed by atoms with Crippen molar-refractivity contribution in [3.63, 3.8) is 0 Å². The summed E-state index contributed by atoms with van der Waals surface area (Å²) in [6.45, 7) is 0. The molecule has 0 amide bonds. The lowest BCUT2D eigenvalue weighted by molar-refractivity contribution is 0.414. The van der Waals surface area contributed by atoms with E-state index < -0.39 is 10.0 Å². The highest BCUT2D eigenvalue weighted by Gasteiger charge is 2.19. The SMILES string of the molecule is COc1ccnc(NS(=O)(=O)c2ccc(OC)cc2Br)c1. The van der Waals surface area contributed by atoms with Gasteiger partial charge in [0.15, 0.2) is 0 Å². The lowest BCUT2D eigenvalue weighted by Crippen LogP contribution is -2.14. The lowest BCUT2D eigenvalue weighted by atomic mass is 10.3. The first-order valence-electron chi connectivity index (χ1n) is 5.82. The minimum atomic E-state index is -3.76. The molecule has 1 heterocycles. The second kappa shape index (κ2) is 6.31. The van der Waals surface area contributed by atoms with Crippen LogP contribution in [-0.2, 0) is 10.0 Å². The highest BCUT2D eigenvalue weighted by molar-refractivity contribution is 9.10. The summed E-state index contributed by atoms with van der Waals surface area (Å²) in [6, 6.07) is 7.72. The Labute approximate surface area is 131 Å². The van der Waals surface area contributed by atoms with E-state index in [1.165, 1.54) is 32.5 Å². The number of methoxy groups -OCH3 is 2. The third kappa shape index (κ3) is 3.64. The van der Waals surface area contributed by atoms with Crippen LogP contribution in [0.4, 0.5) is 5.82 Å². The Hall–Kier alpha value is -1.80. The molecule has 2 rings (SSSR count). The van der Waals surface area contributed by atoms with E-state index in [-0.39, 0.29) is 10.7 Å². The normalized spacial score (nSPS) is 11.0. The Morgan fingerprint density at radius 1 is 1.10 bits per heavy atom. The molecular weight excluding hydrogens is 360 g/mol. The van der Waals surface area contributed by atoms with Crippen molar-refractivity contribution in [2.75, 3.05) is 18.9 Å². The van der Waals surface area contributed by atoms with Gasteiger partial charge in [-0.15, -0.1) is 0 Å². The second-order valence-electron chi connectivity index (χ2n) is 3.98. The van der Waals surface area contributed by atoms with Crippen molar-refractivity contribution in [3.05, 3.63) is 41.0 Å². The number of nitrogens with zero attached hydrogens (tertiary/aromatic N) is 1. The van der Waals surface area contributed by atoms with Crippen LogP contribution in [0.5, 0.6) is 11.5 Å². The fourth-order valence-corrected chi connectivity index (χ4v) is 3.67. The number of pyridine rings is 1. The van der Waals surface area contributed by atoms with Crippen LogP contribution in [0.2, 0.25) is 0 Å². The smallest absolute Gasteiger partial charge is 0.264 e. The number of ether oxygens (including phenoxy) is 2. The van der Waals surface area contributed by atoms with Crippen molar-refractivity contribution in [2.45, 2.75) is 4.90 Å². The molecule has 0 bridgehead atoms. The molecule has 0 fully saturated rings. The molecule has 1 aromatic carbocycles. The highest BCUT2D eigenvalue weighted by atomic mass is 79.9. The van der Waals surface area contributed by atoms with E-state index in [4.69, 9.17) is 9.47 Å². The molecule has 1 aromatic heterocycles. The number of anilines is 1. The van der Waals surface area contributed by atoms with Crippen LogP contribution in [0.25, 0.3) is 0 Å². The fraction of sp³-hybridized carbons (Fsp3) is 0.154. The van der Waals surface area contributed by atoms with E-state index >= 15 is 0 Å². The maximum absolute atomic E-state index is 12.4. The highest BCUT2D eigenvalue weighted by Crippen LogP contribution is 2.28. The number of hydrogen-bond donors (Lipinski definition) is 1. The van der Waals surface area contributed by atoms with Gasteiger partial charge < -0.3 is 9.47 Å². The van der Waals surface area contributed by atoms with Crippen LogP contribution in [0.3, 0.4) is 0 Å². The van der Waals surface area contributed by atoms with Crippen LogP contribution in [0, 0.1) is 0 Å². The largest absolute Gasteiger partial charge is 0.497 e. The summed E-state index contributed by atoms with van der Waals surface area (Å²) in [6.07, 6.45) is 1.46. The molecule has 112 valence electrons. The molecule has 0 aliphatic carbocycles. The van der Waals surface area contributed by atoms with Crippen molar-refractivity contribution in [2.24, 2.45) is 0 Å². The first kappa shape index (κ1) is 15.6. The Morgan fingerprint density at radius 3 is 2.38 bits per heavy atom. The maximum Gasteiger partial charge on any atom is 0.264 e. The van der Waals surface area contributed by atoms with Crippen molar-refractivity contribution < 1.29 is 17.9 Å². The number of halogens is 1. The Bertz CT molecular complexity index is 750. The molecule has 0 spiro atoms. The standard InChI is InChI=1S/C13H13BrN2O4S/c1-19-9-3-4-12(11(14)7-9)21(17,18)16-13-8-10(20-2)5-6-15-13/h3-8H,1-2H3,(H,15,16). The van der Waals surface area contributed by atoms with Crippen molar-refractivity contribution in [1.82, 2.24) is 4.98 Å². The Morgan fingerprint density at radius 2 is 1.76 bits per heavy atom. The van der Waals surface area contributed by atoms with E-state index in [9.17, 15) is 8.42 Å². The van der Waals surface area contributed by atoms with Gasteiger partial charge in [-0.25, -0.2) is 13.4 Å². The summed E-state index contributed by atoms with van der Waals surface area (Å²) in [5.41, 5.74) is 0. The monoisotopic (exact) mass is 372 g/mol. The summed E-state index contributed by atoms with van der Waals surface area (Å²) < 4.78 is 37.6. The molecule has 0 aliphatic heterocycles. The third-order valence-electron chi connectivity index (χ3n) is 2.63. The topological polar surface area (TPSA) is 77.5 Å². The van der Waals surface area contributed by atoms with Gasteiger partial charge in [-0.1, -0.05) is 0 Å². The van der Waals surface area contributed by atoms with Crippen molar-refractivity contribution >= 4 is 31.8 Å². The van der Waals surface area contributed by atoms with E-state index in [2.05, 4.69) is 25.6 Å². The molecule has 1 N–H and O–H groups in total. The number of hydrogen-bond acceptors (Lipinski definition) is 5. The molecule has 0 atom stereocenters. The zero-order valence-corrected chi connectivity index (χ0v) is 13.7. The summed E-state index contributed by atoms with van der Waals surface area (Å²) in [5, 5.41) is 0. The number of aromatic nitrogens is 1. The molecule has 6 nitrogen and oxygen atoms in total. The number of rotatable bonds is 5. The summed E-state index contributed by atoms with van der Waals surface area (Å²) in [7, 11) is -0.762. The number of sulfonamides is 1. The quantitative estimate of drug-likeness (QED) is 0.872. The van der Waals surface area contributed by atoms with E-state index in [1.807, 2.05) is 0 Å². The van der Waals surface area contributed by atoms with Crippen molar-refractivity contribution in [1.29, 1.82) is 0 Å². The minimum Gasteiger partial charge on any atom is -0.497 e. The molecule has 0 unspecified atom stereocenters. The summed E-state index contributed by atoms with van der Waals surface area (Å²) in [5.74, 6) is 1.24. The van der Waals surface area contributed by atoms with Crippen LogP contribution in [0.1, 0.15) is 0 Å². The van der Waals surface area contributed by atoms with Gasteiger partial charge in [0.2, 0.25) is 0 Å². The zero-order valence-electron chi connectivity index (χ0n) is 11.3. The van der Waals surface area contributed by atoms with E-state index in [0.29, 0.717) is 16.0 Å². The number of benzene rings is 1. The van der Waals surface area contributed by atoms with Gasteiger partial charge in [0.1, 0.15) is 22.2 Å². The molecule has 0 radical (unpaired) electrons. The first-order valence-corrected chi connectivity index (χ1v) is 8.10. The van der Waals surface area contributed by atoms with Gasteiger partial charge >= 0.3 is 0 Å². The van der Waals surface area contributed by atoms with Gasteiger partial charge in [0.05, 0.1) is 14.2 Å². The number of nitrogens with one attached hydrogen (secondary N) is 1. The van der Waals surface area contributed by atoms with E-state index in [0.717, 1.165) is 0 Å². The molecule has 2 aromatic rings. The summed E-state index contributed by atoms with van der Waals surface area (Å²) in [4.78, 5) is 4.04. The second-order valence-corrected chi connectivity index (χ2v) is 6.49. The van der Waals surface area contributed by atoms with Crippen molar-refractivity contribution in [3.8, 4) is 11.5 Å². The molecular formula is C13H13BrN2O4S. The van der Waals surface area contributed by atoms with Gasteiger partial charge in [-0.05, 0) is 40.2 Å². The first-order chi connectivity index (χ1) is 9.96. The van der Waals surface area contributed by atoms with Crippen LogP contribution < -0.4 is 14.2 Å². The lowest BCUT2D eigenvalue weighted by Gasteiger charge is -2.10. The van der Waals surface area contributed by atoms with Gasteiger partial charge in [0.25, 0.3) is 10.0 Å². The molecule has 8 heteroatoms. The zero-order chi connectivity index (χ0) is 15.5. The van der Waals surface area contributed by atoms with Crippen LogP contribution in [0.15, 0.2) is 45.9 Å². The van der Waals surface area contributed by atoms with E-state index in [1.54, 1.807) is 18.2 Å². The Kier molecular flexibility index (Phi) is 4.69. The van der Waals surface area contributed by atoms with Gasteiger partial charge in [-0.3, -0.25) is 4.72 Å². The molecule has 21 heavy (non-hydrogen) atoms. The fourth-order valence-electron chi connectivity index (χ4n) is 1.61. The predicted molar refractivity (Wildman–Crippen MR) is 82.3 cm³/mol. The predicted octanol–water partition coefficient (Wildman–Crippen LogP) is 2.66. The Balaban J connectivity index is 2.33. The molecule has 0 saturated carbocycles. The molecule has 0 saturated heterocycles. The average Bonchev–Trinajstić information content (AvgIpc) is 2.46.